The molecule has 4 heterocycles. The van der Waals surface area contributed by atoms with Crippen molar-refractivity contribution < 1.29 is 14.6 Å². The first-order chi connectivity index (χ1) is 15.2. The summed E-state index contributed by atoms with van der Waals surface area (Å²) in [6, 6.07) is 5.77. The lowest BCUT2D eigenvalue weighted by Gasteiger charge is -2.31. The Morgan fingerprint density at radius 1 is 1.03 bits per heavy atom. The van der Waals surface area contributed by atoms with Gasteiger partial charge < -0.3 is 24.8 Å². The third-order valence-corrected chi connectivity index (χ3v) is 5.80. The summed E-state index contributed by atoms with van der Waals surface area (Å²) < 4.78 is 11.8. The Bertz CT molecular complexity index is 1020. The zero-order valence-electron chi connectivity index (χ0n) is 17.3. The van der Waals surface area contributed by atoms with Gasteiger partial charge in [0.1, 0.15) is 17.7 Å². The van der Waals surface area contributed by atoms with Gasteiger partial charge in [-0.15, -0.1) is 0 Å². The predicted molar refractivity (Wildman–Crippen MR) is 117 cm³/mol. The number of nitrogens with zero attached hydrogens (tertiary/aromatic N) is 5. The van der Waals surface area contributed by atoms with Crippen molar-refractivity contribution in [3.63, 3.8) is 0 Å². The molecule has 0 amide bonds. The highest BCUT2D eigenvalue weighted by Gasteiger charge is 2.25. The number of ether oxygens (including phenoxy) is 2. The minimum absolute atomic E-state index is 0.0627. The molecule has 1 aliphatic heterocycles. The summed E-state index contributed by atoms with van der Waals surface area (Å²) in [5, 5.41) is 14.1. The van der Waals surface area contributed by atoms with Gasteiger partial charge in [-0.2, -0.15) is 4.98 Å². The Hall–Kier alpha value is -3.20. The van der Waals surface area contributed by atoms with E-state index in [-0.39, 0.29) is 11.9 Å². The van der Waals surface area contributed by atoms with Crippen LogP contribution in [0.25, 0.3) is 10.9 Å². The van der Waals surface area contributed by atoms with Gasteiger partial charge >= 0.3 is 0 Å². The van der Waals surface area contributed by atoms with Gasteiger partial charge in [0.05, 0.1) is 30.3 Å². The fourth-order valence-corrected chi connectivity index (χ4v) is 4.15. The summed E-state index contributed by atoms with van der Waals surface area (Å²) in [6.45, 7) is 2.94. The number of nitrogens with one attached hydrogen (secondary N) is 1. The normalized spacial score (nSPS) is 21.7. The fourth-order valence-electron chi connectivity index (χ4n) is 4.15. The number of fused-ring (bicyclic) bond motifs is 1. The van der Waals surface area contributed by atoms with Crippen molar-refractivity contribution in [1.82, 2.24) is 19.9 Å². The van der Waals surface area contributed by atoms with Gasteiger partial charge in [0.25, 0.3) is 0 Å². The lowest BCUT2D eigenvalue weighted by molar-refractivity contribution is 0.122. The molecule has 5 rings (SSSR count). The molecule has 0 spiro atoms. The van der Waals surface area contributed by atoms with Crippen LogP contribution < -0.4 is 15.0 Å². The van der Waals surface area contributed by atoms with Crippen molar-refractivity contribution in [3.8, 4) is 11.6 Å². The van der Waals surface area contributed by atoms with Gasteiger partial charge in [0.2, 0.25) is 11.8 Å². The first-order valence-electron chi connectivity index (χ1n) is 10.8. The maximum absolute atomic E-state index is 9.96. The summed E-state index contributed by atoms with van der Waals surface area (Å²) >= 11 is 0. The maximum Gasteiger partial charge on any atom is 0.225 e. The zero-order valence-corrected chi connectivity index (χ0v) is 17.3. The monoisotopic (exact) mass is 422 g/mol. The van der Waals surface area contributed by atoms with Crippen LogP contribution in [-0.4, -0.2) is 63.5 Å². The van der Waals surface area contributed by atoms with Gasteiger partial charge in [-0.3, -0.25) is 4.98 Å². The lowest BCUT2D eigenvalue weighted by atomic mass is 9.93. The summed E-state index contributed by atoms with van der Waals surface area (Å²) in [4.78, 5) is 19.9. The van der Waals surface area contributed by atoms with Crippen LogP contribution in [0.2, 0.25) is 0 Å². The number of morpholine rings is 1. The molecule has 2 N–H and O–H groups in total. The molecule has 31 heavy (non-hydrogen) atoms. The molecule has 162 valence electrons. The highest BCUT2D eigenvalue weighted by atomic mass is 16.5. The van der Waals surface area contributed by atoms with Crippen LogP contribution in [0.4, 0.5) is 11.8 Å². The van der Waals surface area contributed by atoms with E-state index >= 15 is 0 Å². The fraction of sp³-hybridized carbons (Fsp3) is 0.455. The number of hydrogen-bond acceptors (Lipinski definition) is 9. The number of anilines is 2. The second kappa shape index (κ2) is 8.89. The van der Waals surface area contributed by atoms with E-state index in [4.69, 9.17) is 14.5 Å². The number of rotatable bonds is 5. The molecule has 3 aromatic rings. The van der Waals surface area contributed by atoms with Crippen molar-refractivity contribution in [2.45, 2.75) is 37.8 Å². The molecule has 0 radical (unpaired) electrons. The molecular weight excluding hydrogens is 396 g/mol. The second-order valence-corrected chi connectivity index (χ2v) is 7.95. The first kappa shape index (κ1) is 19.7. The molecule has 2 aliphatic rings. The molecule has 3 aromatic heterocycles. The highest BCUT2D eigenvalue weighted by molar-refractivity contribution is 5.86. The molecule has 9 heteroatoms. The minimum Gasteiger partial charge on any atom is -0.506 e. The minimum atomic E-state index is 0.0627. The Labute approximate surface area is 180 Å². The summed E-state index contributed by atoms with van der Waals surface area (Å²) in [7, 11) is 0. The molecule has 1 saturated heterocycles. The van der Waals surface area contributed by atoms with Crippen molar-refractivity contribution in [2.24, 2.45) is 0 Å². The largest absolute Gasteiger partial charge is 0.506 e. The highest BCUT2D eigenvalue weighted by Crippen LogP contribution is 2.32. The van der Waals surface area contributed by atoms with E-state index in [1.165, 1.54) is 6.20 Å². The lowest BCUT2D eigenvalue weighted by Crippen LogP contribution is -2.37. The average molecular weight is 422 g/mol. The molecule has 2 fully saturated rings. The van der Waals surface area contributed by atoms with Gasteiger partial charge in [0, 0.05) is 37.6 Å². The van der Waals surface area contributed by atoms with E-state index in [1.807, 2.05) is 12.1 Å². The molecule has 0 atom stereocenters. The van der Waals surface area contributed by atoms with Crippen LogP contribution in [-0.2, 0) is 4.74 Å². The Morgan fingerprint density at radius 2 is 1.81 bits per heavy atom. The molecule has 0 aromatic carbocycles. The molecular formula is C22H26N6O3. The van der Waals surface area contributed by atoms with Crippen LogP contribution in [0.15, 0.2) is 36.8 Å². The Kier molecular flexibility index (Phi) is 5.66. The summed E-state index contributed by atoms with van der Waals surface area (Å²) in [5.41, 5.74) is 0.765. The quantitative estimate of drug-likeness (QED) is 0.642. The van der Waals surface area contributed by atoms with E-state index in [0.29, 0.717) is 31.1 Å². The van der Waals surface area contributed by atoms with Crippen molar-refractivity contribution in [2.75, 3.05) is 36.5 Å². The second-order valence-electron chi connectivity index (χ2n) is 7.95. The van der Waals surface area contributed by atoms with Crippen LogP contribution in [0.1, 0.15) is 25.7 Å². The smallest absolute Gasteiger partial charge is 0.225 e. The van der Waals surface area contributed by atoms with Gasteiger partial charge in [-0.25, -0.2) is 9.97 Å². The molecule has 0 bridgehead atoms. The Balaban J connectivity index is 1.31. The number of pyridine rings is 2. The zero-order chi connectivity index (χ0) is 21.0. The van der Waals surface area contributed by atoms with Gasteiger partial charge in [-0.1, -0.05) is 0 Å². The van der Waals surface area contributed by atoms with Crippen LogP contribution >= 0.6 is 0 Å². The molecule has 1 saturated carbocycles. The van der Waals surface area contributed by atoms with E-state index in [1.54, 1.807) is 18.5 Å². The standard InChI is InChI=1S/C22H26N6O3/c29-16-12-18-19(25-14-16)13-20(28-8-10-30-11-9-28)27-21(18)31-17-4-2-15(3-5-17)26-22-23-6-1-7-24-22/h1,6-7,12-15,17,29H,2-5,8-11H2,(H,23,24,26). The van der Waals surface area contributed by atoms with Crippen molar-refractivity contribution in [3.05, 3.63) is 36.8 Å². The van der Waals surface area contributed by atoms with E-state index in [2.05, 4.69) is 25.2 Å². The molecule has 1 aliphatic carbocycles. The van der Waals surface area contributed by atoms with Gasteiger partial charge in [-0.05, 0) is 37.8 Å². The van der Waals surface area contributed by atoms with E-state index in [9.17, 15) is 5.11 Å². The Morgan fingerprint density at radius 3 is 2.58 bits per heavy atom. The van der Waals surface area contributed by atoms with Crippen molar-refractivity contribution in [1.29, 1.82) is 0 Å². The number of hydrogen-bond donors (Lipinski definition) is 2. The number of aromatic hydroxyl groups is 1. The van der Waals surface area contributed by atoms with E-state index < -0.39 is 0 Å². The van der Waals surface area contributed by atoms with Crippen molar-refractivity contribution >= 4 is 22.7 Å². The van der Waals surface area contributed by atoms with Gasteiger partial charge in [0.15, 0.2) is 0 Å². The van der Waals surface area contributed by atoms with Crippen LogP contribution in [0, 0.1) is 0 Å². The molecule has 0 unspecified atom stereocenters. The SMILES string of the molecule is Oc1cnc2cc(N3CCOCC3)nc(OC3CCC(Nc4ncccn4)CC3)c2c1. The topological polar surface area (TPSA) is 106 Å². The molecule has 9 nitrogen and oxygen atoms in total. The first-order valence-corrected chi connectivity index (χ1v) is 10.8. The predicted octanol–water partition coefficient (Wildman–Crippen LogP) is 2.76. The number of aromatic nitrogens is 4. The average Bonchev–Trinajstić information content (AvgIpc) is 2.82. The van der Waals surface area contributed by atoms with E-state index in [0.717, 1.165) is 55.5 Å². The third kappa shape index (κ3) is 4.61. The van der Waals surface area contributed by atoms with Crippen LogP contribution in [0.5, 0.6) is 11.6 Å². The summed E-state index contributed by atoms with van der Waals surface area (Å²) in [5.74, 6) is 2.14. The summed E-state index contributed by atoms with van der Waals surface area (Å²) in [6.07, 6.45) is 8.74. The maximum atomic E-state index is 9.96. The third-order valence-electron chi connectivity index (χ3n) is 5.80. The van der Waals surface area contributed by atoms with Crippen LogP contribution in [0.3, 0.4) is 0 Å².